The van der Waals surface area contributed by atoms with Gasteiger partial charge >= 0.3 is 5.82 Å². The highest BCUT2D eigenvalue weighted by Gasteiger charge is 2.31. The minimum atomic E-state index is -4.13. The van der Waals surface area contributed by atoms with Gasteiger partial charge in [-0.25, -0.2) is 8.42 Å². The van der Waals surface area contributed by atoms with Crippen molar-refractivity contribution in [1.82, 2.24) is 14.7 Å². The number of hydrogen-bond acceptors (Lipinski definition) is 6. The molecule has 24 heavy (non-hydrogen) atoms. The summed E-state index contributed by atoms with van der Waals surface area (Å²) in [5.41, 5.74) is 2.14. The lowest BCUT2D eigenvalue weighted by atomic mass is 10.1. The van der Waals surface area contributed by atoms with Crippen LogP contribution in [0.25, 0.3) is 0 Å². The summed E-state index contributed by atoms with van der Waals surface area (Å²) in [5, 5.41) is 14.6. The Morgan fingerprint density at radius 3 is 2.62 bits per heavy atom. The first-order valence-electron chi connectivity index (χ1n) is 7.05. The highest BCUT2D eigenvalue weighted by molar-refractivity contribution is 7.92. The van der Waals surface area contributed by atoms with E-state index in [2.05, 4.69) is 9.82 Å². The molecule has 1 aromatic carbocycles. The summed E-state index contributed by atoms with van der Waals surface area (Å²) in [5.74, 6) is -0.703. The molecule has 0 radical (unpaired) electrons. The Hall–Kier alpha value is -2.46. The largest absolute Gasteiger partial charge is 0.410 e. The molecular weight excluding hydrogens is 334 g/mol. The summed E-state index contributed by atoms with van der Waals surface area (Å²) < 4.78 is 28.7. The first-order chi connectivity index (χ1) is 11.1. The van der Waals surface area contributed by atoms with Gasteiger partial charge < -0.3 is 15.0 Å². The monoisotopic (exact) mass is 353 g/mol. The Labute approximate surface area is 140 Å². The predicted octanol–water partition coefficient (Wildman–Crippen LogP) is 1.50. The number of sulfonamides is 1. The smallest absolute Gasteiger partial charge is 0.358 e. The van der Waals surface area contributed by atoms with Crippen LogP contribution in [0.5, 0.6) is 0 Å². The number of aryl methyl sites for hydroxylation is 2. The van der Waals surface area contributed by atoms with E-state index >= 15 is 0 Å². The highest BCUT2D eigenvalue weighted by Crippen LogP contribution is 2.26. The van der Waals surface area contributed by atoms with Gasteiger partial charge in [0.25, 0.3) is 10.0 Å². The number of nitrogens with zero attached hydrogens (tertiary/aromatic N) is 4. The summed E-state index contributed by atoms with van der Waals surface area (Å²) in [6.45, 7) is 2.43. The fourth-order valence-corrected chi connectivity index (χ4v) is 3.51. The van der Waals surface area contributed by atoms with Gasteiger partial charge in [0.05, 0.1) is 24.0 Å². The van der Waals surface area contributed by atoms with Crippen molar-refractivity contribution in [3.63, 3.8) is 0 Å². The fraction of sp³-hybridized carbons (Fsp3) is 0.357. The standard InChI is InChI=1S/C14H19N5O4S/c1-10-5-6-12(11(7-10)8-17(2)3)16-24(22,23)13-9-18(4)15-14(13)19(20)21/h5-7,9,16H,8H2,1-4H3. The molecule has 1 heterocycles. The molecule has 0 aliphatic heterocycles. The third-order valence-corrected chi connectivity index (χ3v) is 4.59. The predicted molar refractivity (Wildman–Crippen MR) is 89.2 cm³/mol. The van der Waals surface area contributed by atoms with Gasteiger partial charge in [0.2, 0.25) is 4.90 Å². The molecule has 0 unspecified atom stereocenters. The molecule has 1 aromatic heterocycles. The second kappa shape index (κ2) is 6.57. The van der Waals surface area contributed by atoms with E-state index in [0.29, 0.717) is 12.2 Å². The van der Waals surface area contributed by atoms with E-state index in [1.54, 1.807) is 12.1 Å². The molecule has 2 aromatic rings. The van der Waals surface area contributed by atoms with Gasteiger partial charge in [-0.3, -0.25) is 4.72 Å². The molecule has 9 nitrogen and oxygen atoms in total. The zero-order valence-electron chi connectivity index (χ0n) is 13.8. The average Bonchev–Trinajstić information content (AvgIpc) is 2.84. The minimum absolute atomic E-state index is 0.382. The Balaban J connectivity index is 2.45. The topological polar surface area (TPSA) is 110 Å². The molecule has 2 rings (SSSR count). The maximum Gasteiger partial charge on any atom is 0.410 e. The summed E-state index contributed by atoms with van der Waals surface area (Å²) in [6, 6.07) is 5.29. The molecule has 0 amide bonds. The number of benzene rings is 1. The summed E-state index contributed by atoms with van der Waals surface area (Å²) in [7, 11) is 1.03. The molecule has 0 saturated heterocycles. The number of anilines is 1. The van der Waals surface area contributed by atoms with Crippen LogP contribution in [0.4, 0.5) is 11.5 Å². The van der Waals surface area contributed by atoms with Crippen molar-refractivity contribution in [3.05, 3.63) is 45.6 Å². The summed E-state index contributed by atoms with van der Waals surface area (Å²) in [6.07, 6.45) is 1.11. The molecule has 1 N–H and O–H groups in total. The lowest BCUT2D eigenvalue weighted by Crippen LogP contribution is -2.17. The van der Waals surface area contributed by atoms with Crippen molar-refractivity contribution in [3.8, 4) is 0 Å². The van der Waals surface area contributed by atoms with Crippen LogP contribution in [0.2, 0.25) is 0 Å². The summed E-state index contributed by atoms with van der Waals surface area (Å²) in [4.78, 5) is 11.6. The Bertz CT molecular complexity index is 873. The summed E-state index contributed by atoms with van der Waals surface area (Å²) >= 11 is 0. The number of rotatable bonds is 6. The quantitative estimate of drug-likeness (QED) is 0.622. The van der Waals surface area contributed by atoms with Gasteiger partial charge in [0, 0.05) is 6.54 Å². The van der Waals surface area contributed by atoms with Crippen LogP contribution in [0.3, 0.4) is 0 Å². The molecule has 0 aliphatic carbocycles. The van der Waals surface area contributed by atoms with Gasteiger partial charge in [-0.15, -0.1) is 0 Å². The van der Waals surface area contributed by atoms with Gasteiger partial charge in [-0.05, 0) is 37.6 Å². The zero-order valence-corrected chi connectivity index (χ0v) is 14.7. The lowest BCUT2D eigenvalue weighted by molar-refractivity contribution is -0.392. The third-order valence-electron chi connectivity index (χ3n) is 3.23. The van der Waals surface area contributed by atoms with Crippen molar-refractivity contribution in [2.45, 2.75) is 18.4 Å². The number of aromatic nitrogens is 2. The third kappa shape index (κ3) is 3.89. The maximum absolute atomic E-state index is 12.6. The van der Waals surface area contributed by atoms with Crippen LogP contribution < -0.4 is 4.72 Å². The number of nitrogens with one attached hydrogen (secondary N) is 1. The molecular formula is C14H19N5O4S. The fourth-order valence-electron chi connectivity index (χ4n) is 2.26. The number of hydrogen-bond donors (Lipinski definition) is 1. The second-order valence-electron chi connectivity index (χ2n) is 5.75. The van der Waals surface area contributed by atoms with Crippen molar-refractivity contribution < 1.29 is 13.3 Å². The first kappa shape index (κ1) is 17.9. The maximum atomic E-state index is 12.6. The highest BCUT2D eigenvalue weighted by atomic mass is 32.2. The van der Waals surface area contributed by atoms with E-state index in [9.17, 15) is 18.5 Å². The number of nitro groups is 1. The van der Waals surface area contributed by atoms with E-state index in [-0.39, 0.29) is 0 Å². The van der Waals surface area contributed by atoms with Crippen LogP contribution in [0.1, 0.15) is 11.1 Å². The Kier molecular flexibility index (Phi) is 4.90. The van der Waals surface area contributed by atoms with Crippen LogP contribution in [0, 0.1) is 17.0 Å². The molecule has 0 saturated carbocycles. The molecule has 0 aliphatic rings. The van der Waals surface area contributed by atoms with E-state index in [1.807, 2.05) is 32.0 Å². The van der Waals surface area contributed by atoms with Gasteiger partial charge in [-0.1, -0.05) is 17.7 Å². The SMILES string of the molecule is Cc1ccc(NS(=O)(=O)c2cn(C)nc2[N+](=O)[O-])c(CN(C)C)c1. The van der Waals surface area contributed by atoms with Crippen molar-refractivity contribution in [2.75, 3.05) is 18.8 Å². The molecule has 130 valence electrons. The molecule has 0 fully saturated rings. The van der Waals surface area contributed by atoms with Crippen molar-refractivity contribution in [1.29, 1.82) is 0 Å². The molecule has 0 spiro atoms. The van der Waals surface area contributed by atoms with E-state index < -0.39 is 25.7 Å². The minimum Gasteiger partial charge on any atom is -0.358 e. The lowest BCUT2D eigenvalue weighted by Gasteiger charge is -2.16. The van der Waals surface area contributed by atoms with Crippen LogP contribution >= 0.6 is 0 Å². The second-order valence-corrected chi connectivity index (χ2v) is 7.40. The van der Waals surface area contributed by atoms with E-state index in [0.717, 1.165) is 22.0 Å². The van der Waals surface area contributed by atoms with Gasteiger partial charge in [-0.2, -0.15) is 4.68 Å². The van der Waals surface area contributed by atoms with Gasteiger partial charge in [0.1, 0.15) is 0 Å². The van der Waals surface area contributed by atoms with Crippen LogP contribution in [-0.4, -0.2) is 42.1 Å². The molecule has 0 bridgehead atoms. The Morgan fingerprint density at radius 1 is 1.38 bits per heavy atom. The first-order valence-corrected chi connectivity index (χ1v) is 8.53. The zero-order chi connectivity index (χ0) is 18.1. The van der Waals surface area contributed by atoms with Crippen molar-refractivity contribution in [2.24, 2.45) is 7.05 Å². The Morgan fingerprint density at radius 2 is 2.04 bits per heavy atom. The normalized spacial score (nSPS) is 11.7. The van der Waals surface area contributed by atoms with Gasteiger partial charge in [0.15, 0.2) is 0 Å². The van der Waals surface area contributed by atoms with Crippen molar-refractivity contribution >= 4 is 21.5 Å². The molecule has 10 heteroatoms. The van der Waals surface area contributed by atoms with Crippen LogP contribution in [-0.2, 0) is 23.6 Å². The van der Waals surface area contributed by atoms with E-state index in [1.165, 1.54) is 7.05 Å². The van der Waals surface area contributed by atoms with Crippen LogP contribution in [0.15, 0.2) is 29.3 Å². The average molecular weight is 353 g/mol. The molecule has 0 atom stereocenters. The van der Waals surface area contributed by atoms with E-state index in [4.69, 9.17) is 0 Å².